The minimum absolute atomic E-state index is 0.776. The molecular weight excluding hydrogens is 322 g/mol. The molecule has 8 heteroatoms. The zero-order chi connectivity index (χ0) is 16.2. The van der Waals surface area contributed by atoms with E-state index in [0.717, 1.165) is 40.2 Å². The molecule has 0 bridgehead atoms. The lowest BCUT2D eigenvalue weighted by Gasteiger charge is -2.10. The van der Waals surface area contributed by atoms with Crippen LogP contribution < -0.4 is 5.32 Å². The number of rotatable bonds is 6. The number of H-pyrrole nitrogens is 1. The third kappa shape index (κ3) is 3.09. The van der Waals surface area contributed by atoms with Crippen LogP contribution in [0.1, 0.15) is 0 Å². The van der Waals surface area contributed by atoms with Gasteiger partial charge in [-0.15, -0.1) is 0 Å². The fraction of sp³-hybridized carbons (Fsp3) is 0.125. The van der Waals surface area contributed by atoms with E-state index in [2.05, 4.69) is 42.7 Å². The number of fused-ring (bicyclic) bond motifs is 1. The Labute approximate surface area is 142 Å². The minimum atomic E-state index is 0.776. The van der Waals surface area contributed by atoms with E-state index < -0.39 is 0 Å². The Morgan fingerprint density at radius 1 is 1.17 bits per heavy atom. The van der Waals surface area contributed by atoms with Crippen LogP contribution in [0.2, 0.25) is 0 Å². The van der Waals surface area contributed by atoms with E-state index in [1.165, 1.54) is 6.33 Å². The second-order valence-corrected chi connectivity index (χ2v) is 6.14. The van der Waals surface area contributed by atoms with E-state index >= 15 is 0 Å². The van der Waals surface area contributed by atoms with Gasteiger partial charge in [0.25, 0.3) is 0 Å². The van der Waals surface area contributed by atoms with Gasteiger partial charge in [-0.25, -0.2) is 9.97 Å². The van der Waals surface area contributed by atoms with Crippen LogP contribution in [0.4, 0.5) is 5.82 Å². The third-order valence-electron chi connectivity index (χ3n) is 3.47. The van der Waals surface area contributed by atoms with Gasteiger partial charge in [-0.1, -0.05) is 42.1 Å². The molecule has 120 valence electrons. The number of nitrogens with one attached hydrogen (secondary N) is 2. The smallest absolute Gasteiger partial charge is 0.183 e. The van der Waals surface area contributed by atoms with Gasteiger partial charge in [0, 0.05) is 30.0 Å². The summed E-state index contributed by atoms with van der Waals surface area (Å²) in [4.78, 5) is 8.76. The lowest BCUT2D eigenvalue weighted by molar-refractivity contribution is 0.933. The molecule has 0 saturated heterocycles. The van der Waals surface area contributed by atoms with E-state index in [1.54, 1.807) is 18.0 Å². The van der Waals surface area contributed by atoms with Crippen LogP contribution in [0.5, 0.6) is 0 Å². The second kappa shape index (κ2) is 6.71. The standard InChI is InChI=1S/C16H15N7S/c1-2-4-12(5-3-1)13-10-15(23-14(21-13)6-7-20-23)17-8-9-24-16-18-11-19-22-16/h1-7,10-11,17H,8-9H2,(H,18,19,22). The molecule has 1 aromatic carbocycles. The lowest BCUT2D eigenvalue weighted by Crippen LogP contribution is -2.09. The van der Waals surface area contributed by atoms with Gasteiger partial charge in [0.15, 0.2) is 10.8 Å². The molecule has 24 heavy (non-hydrogen) atoms. The first-order chi connectivity index (χ1) is 11.9. The number of hydrogen-bond acceptors (Lipinski definition) is 6. The summed E-state index contributed by atoms with van der Waals surface area (Å²) < 4.78 is 1.81. The highest BCUT2D eigenvalue weighted by Crippen LogP contribution is 2.22. The fourth-order valence-electron chi connectivity index (χ4n) is 2.39. The average Bonchev–Trinajstić information content (AvgIpc) is 3.30. The van der Waals surface area contributed by atoms with Crippen molar-refractivity contribution in [2.75, 3.05) is 17.6 Å². The van der Waals surface area contributed by atoms with E-state index in [9.17, 15) is 0 Å². The van der Waals surface area contributed by atoms with E-state index in [1.807, 2.05) is 34.8 Å². The van der Waals surface area contributed by atoms with Crippen LogP contribution in [0, 0.1) is 0 Å². The van der Waals surface area contributed by atoms with Gasteiger partial charge in [-0.2, -0.15) is 14.7 Å². The highest BCUT2D eigenvalue weighted by Gasteiger charge is 2.08. The number of hydrogen-bond donors (Lipinski definition) is 2. The molecular formula is C16H15N7S. The highest BCUT2D eigenvalue weighted by molar-refractivity contribution is 7.99. The molecule has 0 saturated carbocycles. The van der Waals surface area contributed by atoms with Gasteiger partial charge in [-0.05, 0) is 0 Å². The van der Waals surface area contributed by atoms with Gasteiger partial charge >= 0.3 is 0 Å². The Morgan fingerprint density at radius 2 is 2.08 bits per heavy atom. The molecule has 0 aliphatic carbocycles. The van der Waals surface area contributed by atoms with Gasteiger partial charge < -0.3 is 5.32 Å². The van der Waals surface area contributed by atoms with E-state index in [4.69, 9.17) is 0 Å². The highest BCUT2D eigenvalue weighted by atomic mass is 32.2. The number of benzene rings is 1. The van der Waals surface area contributed by atoms with Gasteiger partial charge in [0.05, 0.1) is 11.9 Å². The summed E-state index contributed by atoms with van der Waals surface area (Å²) in [5.41, 5.74) is 2.83. The molecule has 3 aromatic heterocycles. The summed E-state index contributed by atoms with van der Waals surface area (Å²) >= 11 is 1.62. The first-order valence-corrected chi connectivity index (χ1v) is 8.51. The van der Waals surface area contributed by atoms with Crippen molar-refractivity contribution in [3.05, 3.63) is 55.0 Å². The first kappa shape index (κ1) is 14.7. The number of aromatic nitrogens is 6. The zero-order valence-corrected chi connectivity index (χ0v) is 13.6. The summed E-state index contributed by atoms with van der Waals surface area (Å²) in [6, 6.07) is 14.1. The molecule has 0 atom stereocenters. The SMILES string of the molecule is c1ccc(-c2cc(NCCSc3ncn[nH]3)n3nccc3n2)cc1. The lowest BCUT2D eigenvalue weighted by atomic mass is 10.1. The summed E-state index contributed by atoms with van der Waals surface area (Å²) in [5, 5.41) is 15.3. The van der Waals surface area contributed by atoms with Crippen molar-refractivity contribution in [1.29, 1.82) is 0 Å². The van der Waals surface area contributed by atoms with E-state index in [0.29, 0.717) is 0 Å². The maximum Gasteiger partial charge on any atom is 0.183 e. The molecule has 0 unspecified atom stereocenters. The van der Waals surface area contributed by atoms with Crippen molar-refractivity contribution in [2.24, 2.45) is 0 Å². The number of aromatic amines is 1. The maximum absolute atomic E-state index is 4.67. The average molecular weight is 337 g/mol. The Bertz CT molecular complexity index is 918. The number of nitrogens with zero attached hydrogens (tertiary/aromatic N) is 5. The normalized spacial score (nSPS) is 11.0. The van der Waals surface area contributed by atoms with Crippen molar-refractivity contribution in [2.45, 2.75) is 5.16 Å². The van der Waals surface area contributed by atoms with Crippen molar-refractivity contribution in [3.63, 3.8) is 0 Å². The monoisotopic (exact) mass is 337 g/mol. The molecule has 7 nitrogen and oxygen atoms in total. The molecule has 0 amide bonds. The second-order valence-electron chi connectivity index (χ2n) is 5.06. The Hall–Kier alpha value is -2.87. The summed E-state index contributed by atoms with van der Waals surface area (Å²) in [5.74, 6) is 1.78. The molecule has 0 aliphatic heterocycles. The largest absolute Gasteiger partial charge is 0.369 e. The van der Waals surface area contributed by atoms with Crippen LogP contribution in [0.3, 0.4) is 0 Å². The Kier molecular flexibility index (Phi) is 4.11. The van der Waals surface area contributed by atoms with Gasteiger partial charge in [0.2, 0.25) is 0 Å². The summed E-state index contributed by atoms with van der Waals surface area (Å²) in [6.45, 7) is 0.776. The van der Waals surface area contributed by atoms with Gasteiger partial charge in [-0.3, -0.25) is 5.10 Å². The van der Waals surface area contributed by atoms with Crippen LogP contribution in [-0.4, -0.2) is 42.1 Å². The molecule has 3 heterocycles. The predicted octanol–water partition coefficient (Wildman–Crippen LogP) is 2.72. The molecule has 0 radical (unpaired) electrons. The van der Waals surface area contributed by atoms with Crippen LogP contribution in [-0.2, 0) is 0 Å². The molecule has 0 spiro atoms. The minimum Gasteiger partial charge on any atom is -0.369 e. The zero-order valence-electron chi connectivity index (χ0n) is 12.8. The third-order valence-corrected chi connectivity index (χ3v) is 4.35. The Morgan fingerprint density at radius 3 is 2.92 bits per heavy atom. The van der Waals surface area contributed by atoms with E-state index in [-0.39, 0.29) is 0 Å². The van der Waals surface area contributed by atoms with Crippen LogP contribution in [0.15, 0.2) is 60.1 Å². The van der Waals surface area contributed by atoms with Crippen molar-refractivity contribution >= 4 is 23.2 Å². The van der Waals surface area contributed by atoms with Crippen LogP contribution >= 0.6 is 11.8 Å². The quantitative estimate of drug-likeness (QED) is 0.416. The first-order valence-electron chi connectivity index (χ1n) is 7.52. The molecule has 2 N–H and O–H groups in total. The molecule has 4 aromatic rings. The predicted molar refractivity (Wildman–Crippen MR) is 94.0 cm³/mol. The summed E-state index contributed by atoms with van der Waals surface area (Å²) in [7, 11) is 0. The van der Waals surface area contributed by atoms with Crippen molar-refractivity contribution < 1.29 is 0 Å². The molecule has 4 rings (SSSR count). The summed E-state index contributed by atoms with van der Waals surface area (Å²) in [6.07, 6.45) is 3.27. The molecule has 0 aliphatic rings. The van der Waals surface area contributed by atoms with Crippen LogP contribution in [0.25, 0.3) is 16.9 Å². The maximum atomic E-state index is 4.67. The van der Waals surface area contributed by atoms with Crippen molar-refractivity contribution in [3.8, 4) is 11.3 Å². The topological polar surface area (TPSA) is 83.8 Å². The number of thioether (sulfide) groups is 1. The van der Waals surface area contributed by atoms with Gasteiger partial charge in [0.1, 0.15) is 12.1 Å². The van der Waals surface area contributed by atoms with Crippen molar-refractivity contribution in [1.82, 2.24) is 29.8 Å². The fourth-order valence-corrected chi connectivity index (χ4v) is 3.02. The number of anilines is 1. The molecule has 0 fully saturated rings. The Balaban J connectivity index is 1.54.